The van der Waals surface area contributed by atoms with Crippen LogP contribution in [0.15, 0.2) is 41.5 Å². The number of nitrogens with one attached hydrogen (secondary N) is 1. The highest BCUT2D eigenvalue weighted by atomic mass is 16.1. The molecule has 5 nitrogen and oxygen atoms in total. The summed E-state index contributed by atoms with van der Waals surface area (Å²) in [5.74, 6) is 1.86. The maximum Gasteiger partial charge on any atom is 0.254 e. The summed E-state index contributed by atoms with van der Waals surface area (Å²) in [7, 11) is 0. The van der Waals surface area contributed by atoms with Crippen molar-refractivity contribution in [3.05, 3.63) is 58.1 Å². The Balaban J connectivity index is 1.76. The molecule has 0 bridgehead atoms. The Kier molecular flexibility index (Phi) is 3.99. The lowest BCUT2D eigenvalue weighted by Gasteiger charge is -2.26. The summed E-state index contributed by atoms with van der Waals surface area (Å²) in [5.41, 5.74) is 3.12. The number of anilines is 2. The Labute approximate surface area is 146 Å². The zero-order valence-corrected chi connectivity index (χ0v) is 14.6. The highest BCUT2D eigenvalue weighted by Crippen LogP contribution is 2.35. The molecule has 5 heteroatoms. The molecule has 0 aromatic carbocycles. The number of nitrogens with zero attached hydrogens (tertiary/aromatic N) is 3. The molecule has 4 rings (SSSR count). The topological polar surface area (TPSA) is 59.8 Å². The van der Waals surface area contributed by atoms with Gasteiger partial charge in [-0.05, 0) is 50.3 Å². The van der Waals surface area contributed by atoms with Gasteiger partial charge in [-0.25, -0.2) is 9.97 Å². The summed E-state index contributed by atoms with van der Waals surface area (Å²) >= 11 is 0. The zero-order valence-electron chi connectivity index (χ0n) is 14.6. The third-order valence-corrected chi connectivity index (χ3v) is 5.03. The highest BCUT2D eigenvalue weighted by molar-refractivity contribution is 5.82. The second kappa shape index (κ2) is 6.31. The normalized spacial score (nSPS) is 14.5. The van der Waals surface area contributed by atoms with E-state index in [1.807, 2.05) is 55.1 Å². The molecule has 3 heterocycles. The van der Waals surface area contributed by atoms with Gasteiger partial charge in [0.25, 0.3) is 5.56 Å². The summed E-state index contributed by atoms with van der Waals surface area (Å²) in [6.07, 6.45) is 7.13. The lowest BCUT2D eigenvalue weighted by atomic mass is 9.80. The summed E-state index contributed by atoms with van der Waals surface area (Å²) in [5, 5.41) is 4.24. The van der Waals surface area contributed by atoms with Crippen LogP contribution in [0.25, 0.3) is 10.9 Å². The molecule has 0 atom stereocenters. The molecule has 3 aromatic heterocycles. The third kappa shape index (κ3) is 2.90. The van der Waals surface area contributed by atoms with Gasteiger partial charge in [-0.15, -0.1) is 0 Å². The predicted octanol–water partition coefficient (Wildman–Crippen LogP) is 4.13. The first-order valence-corrected chi connectivity index (χ1v) is 8.89. The standard InChI is InChI=1S/C20H22N4O/c1-3-24-17-10-19(23-18-8-7-13(2)11-21-18)22-12-15(17)9-16(20(24)25)14-5-4-6-14/h7-12,14H,3-6H2,1-2H3,(H,21,22,23). The number of fused-ring (bicyclic) bond motifs is 1. The van der Waals surface area contributed by atoms with E-state index in [2.05, 4.69) is 15.3 Å². The van der Waals surface area contributed by atoms with Crippen LogP contribution in [0, 0.1) is 6.92 Å². The van der Waals surface area contributed by atoms with E-state index < -0.39 is 0 Å². The number of aromatic nitrogens is 3. The van der Waals surface area contributed by atoms with Gasteiger partial charge in [-0.1, -0.05) is 12.5 Å². The number of pyridine rings is 3. The molecule has 0 saturated heterocycles. The molecule has 1 aliphatic rings. The molecule has 0 unspecified atom stereocenters. The molecule has 0 spiro atoms. The fourth-order valence-electron chi connectivity index (χ4n) is 3.36. The first kappa shape index (κ1) is 15.8. The van der Waals surface area contributed by atoms with Crippen LogP contribution in [0.5, 0.6) is 0 Å². The highest BCUT2D eigenvalue weighted by Gasteiger charge is 2.24. The van der Waals surface area contributed by atoms with E-state index in [-0.39, 0.29) is 5.56 Å². The molecular formula is C20H22N4O. The molecule has 0 aliphatic heterocycles. The zero-order chi connectivity index (χ0) is 17.4. The summed E-state index contributed by atoms with van der Waals surface area (Å²) < 4.78 is 1.86. The van der Waals surface area contributed by atoms with Crippen LogP contribution >= 0.6 is 0 Å². The number of hydrogen-bond acceptors (Lipinski definition) is 4. The maximum absolute atomic E-state index is 12.9. The molecule has 0 radical (unpaired) electrons. The van der Waals surface area contributed by atoms with Crippen molar-refractivity contribution in [1.29, 1.82) is 0 Å². The lowest BCUT2D eigenvalue weighted by Crippen LogP contribution is -2.27. The molecule has 1 fully saturated rings. The molecule has 1 aliphatic carbocycles. The van der Waals surface area contributed by atoms with Crippen molar-refractivity contribution in [1.82, 2.24) is 14.5 Å². The minimum absolute atomic E-state index is 0.144. The maximum atomic E-state index is 12.9. The van der Waals surface area contributed by atoms with E-state index in [0.717, 1.165) is 40.7 Å². The fourth-order valence-corrected chi connectivity index (χ4v) is 3.36. The van der Waals surface area contributed by atoms with Crippen LogP contribution in [0.3, 0.4) is 0 Å². The van der Waals surface area contributed by atoms with E-state index in [4.69, 9.17) is 0 Å². The first-order chi connectivity index (χ1) is 12.2. The Morgan fingerprint density at radius 1 is 1.16 bits per heavy atom. The predicted molar refractivity (Wildman–Crippen MR) is 101 cm³/mol. The smallest absolute Gasteiger partial charge is 0.254 e. The molecule has 128 valence electrons. The molecular weight excluding hydrogens is 312 g/mol. The monoisotopic (exact) mass is 334 g/mol. The lowest BCUT2D eigenvalue weighted by molar-refractivity contribution is 0.415. The van der Waals surface area contributed by atoms with Crippen LogP contribution in [0.4, 0.5) is 11.6 Å². The van der Waals surface area contributed by atoms with E-state index in [1.54, 1.807) is 0 Å². The van der Waals surface area contributed by atoms with Gasteiger partial charge in [0.1, 0.15) is 11.6 Å². The minimum Gasteiger partial charge on any atom is -0.325 e. The van der Waals surface area contributed by atoms with Crippen molar-refractivity contribution >= 4 is 22.5 Å². The Morgan fingerprint density at radius 2 is 1.96 bits per heavy atom. The molecule has 25 heavy (non-hydrogen) atoms. The van der Waals surface area contributed by atoms with E-state index in [0.29, 0.717) is 18.3 Å². The van der Waals surface area contributed by atoms with E-state index >= 15 is 0 Å². The third-order valence-electron chi connectivity index (χ3n) is 5.03. The number of aryl methyl sites for hydroxylation is 2. The van der Waals surface area contributed by atoms with Gasteiger partial charge in [0, 0.05) is 36.0 Å². The first-order valence-electron chi connectivity index (χ1n) is 8.89. The summed E-state index contributed by atoms with van der Waals surface area (Å²) in [6, 6.07) is 7.90. The second-order valence-electron chi connectivity index (χ2n) is 6.75. The van der Waals surface area contributed by atoms with Crippen molar-refractivity contribution in [2.45, 2.75) is 45.6 Å². The average Bonchev–Trinajstić information content (AvgIpc) is 2.56. The molecule has 3 aromatic rings. The van der Waals surface area contributed by atoms with Gasteiger partial charge in [-0.2, -0.15) is 0 Å². The average molecular weight is 334 g/mol. The van der Waals surface area contributed by atoms with E-state index in [9.17, 15) is 4.79 Å². The summed E-state index contributed by atoms with van der Waals surface area (Å²) in [4.78, 5) is 21.7. The van der Waals surface area contributed by atoms with Gasteiger partial charge in [-0.3, -0.25) is 4.79 Å². The van der Waals surface area contributed by atoms with Crippen LogP contribution < -0.4 is 10.9 Å². The van der Waals surface area contributed by atoms with Gasteiger partial charge >= 0.3 is 0 Å². The molecule has 1 saturated carbocycles. The minimum atomic E-state index is 0.144. The van der Waals surface area contributed by atoms with Crippen molar-refractivity contribution < 1.29 is 0 Å². The summed E-state index contributed by atoms with van der Waals surface area (Å²) in [6.45, 7) is 4.67. The largest absolute Gasteiger partial charge is 0.325 e. The van der Waals surface area contributed by atoms with Gasteiger partial charge in [0.05, 0.1) is 5.52 Å². The van der Waals surface area contributed by atoms with Gasteiger partial charge in [0.15, 0.2) is 0 Å². The molecule has 1 N–H and O–H groups in total. The Bertz CT molecular complexity index is 971. The van der Waals surface area contributed by atoms with Crippen molar-refractivity contribution in [2.24, 2.45) is 0 Å². The van der Waals surface area contributed by atoms with E-state index in [1.165, 1.54) is 6.42 Å². The fraction of sp³-hybridized carbons (Fsp3) is 0.350. The quantitative estimate of drug-likeness (QED) is 0.779. The Morgan fingerprint density at radius 3 is 2.60 bits per heavy atom. The number of hydrogen-bond donors (Lipinski definition) is 1. The van der Waals surface area contributed by atoms with Gasteiger partial charge < -0.3 is 9.88 Å². The van der Waals surface area contributed by atoms with Gasteiger partial charge in [0.2, 0.25) is 0 Å². The van der Waals surface area contributed by atoms with Crippen molar-refractivity contribution in [3.63, 3.8) is 0 Å². The second-order valence-corrected chi connectivity index (χ2v) is 6.75. The van der Waals surface area contributed by atoms with Crippen LogP contribution in [-0.2, 0) is 6.54 Å². The van der Waals surface area contributed by atoms with Crippen LogP contribution in [0.1, 0.15) is 43.2 Å². The SMILES string of the molecule is CCn1c(=O)c(C2CCC2)cc2cnc(Nc3ccc(C)cn3)cc21. The van der Waals surface area contributed by atoms with Crippen molar-refractivity contribution in [2.75, 3.05) is 5.32 Å². The van der Waals surface area contributed by atoms with Crippen LogP contribution in [0.2, 0.25) is 0 Å². The Hall–Kier alpha value is -2.69. The van der Waals surface area contributed by atoms with Crippen LogP contribution in [-0.4, -0.2) is 14.5 Å². The molecule has 0 amide bonds. The van der Waals surface area contributed by atoms with Crippen molar-refractivity contribution in [3.8, 4) is 0 Å². The number of rotatable bonds is 4.